The van der Waals surface area contributed by atoms with Gasteiger partial charge in [-0.15, -0.1) is 0 Å². The number of fused-ring (bicyclic) bond motifs is 1. The zero-order chi connectivity index (χ0) is 20.1. The summed E-state index contributed by atoms with van der Waals surface area (Å²) in [6.07, 6.45) is 3.61. The van der Waals surface area contributed by atoms with Crippen LogP contribution in [0.3, 0.4) is 0 Å². The van der Waals surface area contributed by atoms with Crippen LogP contribution < -0.4 is 10.1 Å². The number of H-pyrrole nitrogens is 1. The van der Waals surface area contributed by atoms with E-state index in [1.165, 1.54) is 22.6 Å². The number of halogens is 1. The van der Waals surface area contributed by atoms with Crippen LogP contribution in [0.1, 0.15) is 22.3 Å². The van der Waals surface area contributed by atoms with Crippen LogP contribution in [0, 0.1) is 5.82 Å². The van der Waals surface area contributed by atoms with Crippen molar-refractivity contribution in [3.63, 3.8) is 0 Å². The van der Waals surface area contributed by atoms with Crippen molar-refractivity contribution in [2.24, 2.45) is 0 Å². The van der Waals surface area contributed by atoms with Crippen molar-refractivity contribution in [2.45, 2.75) is 19.4 Å². The number of methoxy groups -OCH3 is 1. The summed E-state index contributed by atoms with van der Waals surface area (Å²) in [5, 5.41) is 4.72. The van der Waals surface area contributed by atoms with Crippen LogP contribution in [-0.2, 0) is 19.4 Å². The minimum atomic E-state index is -0.147. The first-order valence-electron chi connectivity index (χ1n) is 9.89. The number of hydrogen-bond acceptors (Lipinski definition) is 2. The van der Waals surface area contributed by atoms with Gasteiger partial charge in [0.25, 0.3) is 0 Å². The van der Waals surface area contributed by atoms with E-state index in [1.807, 2.05) is 30.3 Å². The Labute approximate surface area is 170 Å². The van der Waals surface area contributed by atoms with Crippen LogP contribution in [0.25, 0.3) is 10.9 Å². The molecule has 0 fully saturated rings. The maximum atomic E-state index is 13.9. The number of aromatic amines is 1. The van der Waals surface area contributed by atoms with Gasteiger partial charge < -0.3 is 15.0 Å². The molecule has 148 valence electrons. The Balaban J connectivity index is 1.34. The van der Waals surface area contributed by atoms with Crippen LogP contribution in [0.2, 0.25) is 0 Å². The fourth-order valence-corrected chi connectivity index (χ4v) is 3.66. The predicted octanol–water partition coefficient (Wildman–Crippen LogP) is 5.24. The highest BCUT2D eigenvalue weighted by molar-refractivity contribution is 5.84. The zero-order valence-electron chi connectivity index (χ0n) is 16.5. The lowest BCUT2D eigenvalue weighted by Crippen LogP contribution is -2.16. The molecular formula is C25H25FN2O. The topological polar surface area (TPSA) is 37.0 Å². The Morgan fingerprint density at radius 2 is 1.79 bits per heavy atom. The number of benzene rings is 3. The third kappa shape index (κ3) is 4.66. The SMILES string of the molecule is COc1ccc2[nH]cc(CCNCc3cccc(Cc4ccccc4F)c3)c2c1. The first kappa shape index (κ1) is 19.2. The molecule has 0 aliphatic rings. The van der Waals surface area contributed by atoms with Crippen LogP contribution in [0.15, 0.2) is 72.9 Å². The average Bonchev–Trinajstić information content (AvgIpc) is 3.15. The van der Waals surface area contributed by atoms with Crippen molar-refractivity contribution in [3.05, 3.63) is 101 Å². The highest BCUT2D eigenvalue weighted by Crippen LogP contribution is 2.23. The van der Waals surface area contributed by atoms with Gasteiger partial charge >= 0.3 is 0 Å². The Hall–Kier alpha value is -3.11. The molecule has 3 aromatic carbocycles. The van der Waals surface area contributed by atoms with Gasteiger partial charge in [-0.3, -0.25) is 0 Å². The van der Waals surface area contributed by atoms with Crippen molar-refractivity contribution in [3.8, 4) is 5.75 Å². The third-order valence-corrected chi connectivity index (χ3v) is 5.22. The van der Waals surface area contributed by atoms with E-state index < -0.39 is 0 Å². The Morgan fingerprint density at radius 1 is 0.931 bits per heavy atom. The van der Waals surface area contributed by atoms with Gasteiger partial charge in [0.15, 0.2) is 0 Å². The van der Waals surface area contributed by atoms with E-state index in [4.69, 9.17) is 4.74 Å². The predicted molar refractivity (Wildman–Crippen MR) is 116 cm³/mol. The molecule has 0 amide bonds. The minimum absolute atomic E-state index is 0.147. The monoisotopic (exact) mass is 388 g/mol. The van der Waals surface area contributed by atoms with Crippen LogP contribution >= 0.6 is 0 Å². The average molecular weight is 388 g/mol. The summed E-state index contributed by atoms with van der Waals surface area (Å²) < 4.78 is 19.2. The molecule has 1 aromatic heterocycles. The van der Waals surface area contributed by atoms with Crippen molar-refractivity contribution in [1.82, 2.24) is 10.3 Å². The molecule has 29 heavy (non-hydrogen) atoms. The number of nitrogens with one attached hydrogen (secondary N) is 2. The van der Waals surface area contributed by atoms with Gasteiger partial charge in [-0.2, -0.15) is 0 Å². The normalized spacial score (nSPS) is 11.1. The van der Waals surface area contributed by atoms with Crippen LogP contribution in [0.5, 0.6) is 5.75 Å². The molecule has 0 radical (unpaired) electrons. The van der Waals surface area contributed by atoms with Gasteiger partial charge in [-0.25, -0.2) is 4.39 Å². The fourth-order valence-electron chi connectivity index (χ4n) is 3.66. The fraction of sp³-hybridized carbons (Fsp3) is 0.200. The molecule has 3 nitrogen and oxygen atoms in total. The standard InChI is InChI=1S/C25H25FN2O/c1-29-22-9-10-25-23(15-22)21(17-28-25)11-12-27-16-19-6-4-5-18(13-19)14-20-7-2-3-8-24(20)26/h2-10,13,15,17,27-28H,11-12,14,16H2,1H3. The molecule has 4 rings (SSSR count). The molecule has 2 N–H and O–H groups in total. The number of ether oxygens (including phenoxy) is 1. The molecule has 4 aromatic rings. The van der Waals surface area contributed by atoms with E-state index in [1.54, 1.807) is 13.2 Å². The second kappa shape index (κ2) is 8.93. The maximum Gasteiger partial charge on any atom is 0.126 e. The van der Waals surface area contributed by atoms with E-state index in [2.05, 4.69) is 40.8 Å². The van der Waals surface area contributed by atoms with E-state index in [0.29, 0.717) is 6.42 Å². The summed E-state index contributed by atoms with van der Waals surface area (Å²) in [7, 11) is 1.69. The first-order valence-corrected chi connectivity index (χ1v) is 9.89. The summed E-state index contributed by atoms with van der Waals surface area (Å²) in [5.74, 6) is 0.726. The molecule has 0 saturated carbocycles. The Kier molecular flexibility index (Phi) is 5.92. The Morgan fingerprint density at radius 3 is 2.66 bits per heavy atom. The lowest BCUT2D eigenvalue weighted by molar-refractivity contribution is 0.415. The molecule has 0 bridgehead atoms. The quantitative estimate of drug-likeness (QED) is 0.405. The van der Waals surface area contributed by atoms with Crippen LogP contribution in [0.4, 0.5) is 4.39 Å². The lowest BCUT2D eigenvalue weighted by atomic mass is 10.0. The molecule has 4 heteroatoms. The summed E-state index contributed by atoms with van der Waals surface area (Å²) in [6, 6.07) is 21.4. The van der Waals surface area contributed by atoms with E-state index in [0.717, 1.165) is 41.9 Å². The summed E-state index contributed by atoms with van der Waals surface area (Å²) in [6.45, 7) is 1.67. The van der Waals surface area contributed by atoms with Gasteiger partial charge in [0.1, 0.15) is 11.6 Å². The molecule has 0 aliphatic heterocycles. The maximum absolute atomic E-state index is 13.9. The third-order valence-electron chi connectivity index (χ3n) is 5.22. The zero-order valence-corrected chi connectivity index (χ0v) is 16.5. The lowest BCUT2D eigenvalue weighted by Gasteiger charge is -2.08. The van der Waals surface area contributed by atoms with Crippen molar-refractivity contribution < 1.29 is 9.13 Å². The van der Waals surface area contributed by atoms with Crippen molar-refractivity contribution in [1.29, 1.82) is 0 Å². The highest BCUT2D eigenvalue weighted by atomic mass is 19.1. The molecule has 0 atom stereocenters. The largest absolute Gasteiger partial charge is 0.497 e. The number of hydrogen-bond donors (Lipinski definition) is 2. The molecule has 1 heterocycles. The van der Waals surface area contributed by atoms with E-state index in [9.17, 15) is 4.39 Å². The number of aromatic nitrogens is 1. The van der Waals surface area contributed by atoms with Crippen LogP contribution in [-0.4, -0.2) is 18.6 Å². The Bertz CT molecular complexity index is 1100. The van der Waals surface area contributed by atoms with E-state index in [-0.39, 0.29) is 5.82 Å². The van der Waals surface area contributed by atoms with E-state index >= 15 is 0 Å². The summed E-state index contributed by atoms with van der Waals surface area (Å²) in [5.41, 5.74) is 5.46. The molecule has 0 unspecified atom stereocenters. The van der Waals surface area contributed by atoms with Gasteiger partial charge in [0.2, 0.25) is 0 Å². The summed E-state index contributed by atoms with van der Waals surface area (Å²) >= 11 is 0. The van der Waals surface area contributed by atoms with Gasteiger partial charge in [-0.05, 0) is 59.5 Å². The van der Waals surface area contributed by atoms with Crippen molar-refractivity contribution >= 4 is 10.9 Å². The summed E-state index contributed by atoms with van der Waals surface area (Å²) in [4.78, 5) is 3.32. The highest BCUT2D eigenvalue weighted by Gasteiger charge is 2.06. The van der Waals surface area contributed by atoms with Gasteiger partial charge in [-0.1, -0.05) is 42.5 Å². The molecule has 0 spiro atoms. The van der Waals surface area contributed by atoms with Gasteiger partial charge in [0, 0.05) is 30.1 Å². The molecule has 0 aliphatic carbocycles. The second-order valence-corrected chi connectivity index (χ2v) is 7.24. The first-order chi connectivity index (χ1) is 14.2. The van der Waals surface area contributed by atoms with Crippen molar-refractivity contribution in [2.75, 3.05) is 13.7 Å². The van der Waals surface area contributed by atoms with Gasteiger partial charge in [0.05, 0.1) is 7.11 Å². The molecule has 0 saturated heterocycles. The molecular weight excluding hydrogens is 363 g/mol. The minimum Gasteiger partial charge on any atom is -0.497 e. The smallest absolute Gasteiger partial charge is 0.126 e. The number of rotatable bonds is 8. The second-order valence-electron chi connectivity index (χ2n) is 7.24.